The van der Waals surface area contributed by atoms with E-state index in [0.717, 1.165) is 10.7 Å². The largest absolute Gasteiger partial charge is 0.461 e. The maximum atomic E-state index is 8.61. The van der Waals surface area contributed by atoms with Crippen LogP contribution in [0.25, 0.3) is 17.4 Å². The molecule has 0 amide bonds. The lowest BCUT2D eigenvalue weighted by Crippen LogP contribution is -2.29. The van der Waals surface area contributed by atoms with Gasteiger partial charge in [0, 0.05) is 12.1 Å². The molecule has 0 aliphatic rings. The molecule has 3 aromatic heterocycles. The Balaban J connectivity index is 1.38. The molecule has 0 aliphatic carbocycles. The predicted octanol–water partition coefficient (Wildman–Crippen LogP) is 0.336. The lowest BCUT2D eigenvalue weighted by Gasteiger charge is -2.10. The summed E-state index contributed by atoms with van der Waals surface area (Å²) in [5.74, 6) is 7.49. The number of nitrogens with two attached hydrogens (primary N) is 3. The summed E-state index contributed by atoms with van der Waals surface area (Å²) in [6.07, 6.45) is 2.24. The van der Waals surface area contributed by atoms with Gasteiger partial charge in [-0.25, -0.2) is 11.0 Å². The molecule has 162 valence electrons. The van der Waals surface area contributed by atoms with Crippen molar-refractivity contribution in [2.24, 2.45) is 16.7 Å². The first-order valence-electron chi connectivity index (χ1n) is 9.54. The van der Waals surface area contributed by atoms with E-state index < -0.39 is 0 Å². The number of aromatic nitrogens is 5. The Hall–Kier alpha value is -4.70. The van der Waals surface area contributed by atoms with Crippen molar-refractivity contribution in [1.29, 1.82) is 5.26 Å². The van der Waals surface area contributed by atoms with Crippen LogP contribution in [0.1, 0.15) is 11.1 Å². The van der Waals surface area contributed by atoms with Gasteiger partial charge in [-0.1, -0.05) is 24.3 Å². The number of hydrogen-bond donors (Lipinski definition) is 4. The minimum Gasteiger partial charge on any atom is -0.461 e. The number of benzene rings is 1. The topological polar surface area (TPSA) is 199 Å². The Morgan fingerprint density at radius 2 is 2.03 bits per heavy atom. The number of anilines is 2. The summed E-state index contributed by atoms with van der Waals surface area (Å²) in [5.41, 5.74) is 13.7. The van der Waals surface area contributed by atoms with E-state index in [0.29, 0.717) is 41.8 Å². The van der Waals surface area contributed by atoms with Crippen LogP contribution in [0.2, 0.25) is 0 Å². The van der Waals surface area contributed by atoms with Gasteiger partial charge in [0.1, 0.15) is 6.54 Å². The van der Waals surface area contributed by atoms with Gasteiger partial charge in [-0.15, -0.1) is 10.2 Å². The Kier molecular flexibility index (Phi) is 5.77. The summed E-state index contributed by atoms with van der Waals surface area (Å²) in [6, 6.07) is 12.9. The second-order valence-corrected chi connectivity index (χ2v) is 6.64. The molecule has 0 aliphatic heterocycles. The fourth-order valence-corrected chi connectivity index (χ4v) is 2.86. The number of nitriles is 1. The molecule has 3 heterocycles. The standard InChI is InChI=1S/C19H20N12O/c20-8-10-30(23)28-15(21)13-5-3-12(4-6-13)7-9-24-18-26-17(22)31-19(27-18)25-16(29-31)14-2-1-11-32-14/h1-6,11H,7,9-10,23H2,(H2,21,28)(H3,22,24,25,26,27,29). The summed E-state index contributed by atoms with van der Waals surface area (Å²) in [7, 11) is 0. The summed E-state index contributed by atoms with van der Waals surface area (Å²) in [5, 5.41) is 20.9. The summed E-state index contributed by atoms with van der Waals surface area (Å²) in [6.45, 7) is 0.512. The van der Waals surface area contributed by atoms with E-state index in [1.54, 1.807) is 18.4 Å². The van der Waals surface area contributed by atoms with Crippen LogP contribution in [0, 0.1) is 11.3 Å². The van der Waals surface area contributed by atoms with E-state index in [9.17, 15) is 0 Å². The third kappa shape index (κ3) is 4.55. The van der Waals surface area contributed by atoms with Crippen LogP contribution in [0.5, 0.6) is 0 Å². The number of fused-ring (bicyclic) bond motifs is 1. The molecular weight excluding hydrogens is 412 g/mol. The molecule has 4 aromatic rings. The molecule has 7 N–H and O–H groups in total. The number of furan rings is 1. The Morgan fingerprint density at radius 1 is 1.22 bits per heavy atom. The van der Waals surface area contributed by atoms with Crippen LogP contribution in [0.3, 0.4) is 0 Å². The van der Waals surface area contributed by atoms with Crippen molar-refractivity contribution in [1.82, 2.24) is 29.7 Å². The van der Waals surface area contributed by atoms with Crippen molar-refractivity contribution >= 4 is 23.5 Å². The fourth-order valence-electron chi connectivity index (χ4n) is 2.86. The first kappa shape index (κ1) is 20.6. The quantitative estimate of drug-likeness (QED) is 0.0983. The number of amidine groups is 1. The molecule has 4 rings (SSSR count). The zero-order chi connectivity index (χ0) is 22.5. The lowest BCUT2D eigenvalue weighted by molar-refractivity contribution is 0.337. The Labute approximate surface area is 182 Å². The molecular formula is C19H20N12O. The van der Waals surface area contributed by atoms with E-state index in [2.05, 4.69) is 30.5 Å². The molecule has 0 radical (unpaired) electrons. The highest BCUT2D eigenvalue weighted by Crippen LogP contribution is 2.17. The van der Waals surface area contributed by atoms with Gasteiger partial charge >= 0.3 is 0 Å². The maximum absolute atomic E-state index is 8.61. The highest BCUT2D eigenvalue weighted by molar-refractivity contribution is 5.97. The van der Waals surface area contributed by atoms with Crippen LogP contribution in [-0.2, 0) is 6.42 Å². The SMILES string of the molecule is N#CCN(N)/N=C(\N)c1ccc(CCNc2nc(N)n3nc(-c4ccco4)nc3n2)cc1. The van der Waals surface area contributed by atoms with Crippen molar-refractivity contribution in [2.45, 2.75) is 6.42 Å². The van der Waals surface area contributed by atoms with Crippen LogP contribution in [-0.4, -0.2) is 48.6 Å². The van der Waals surface area contributed by atoms with Gasteiger partial charge in [0.2, 0.25) is 17.7 Å². The van der Waals surface area contributed by atoms with Gasteiger partial charge in [0.25, 0.3) is 5.78 Å². The molecule has 0 atom stereocenters. The van der Waals surface area contributed by atoms with Crippen LogP contribution < -0.4 is 22.6 Å². The minimum atomic E-state index is -0.0538. The zero-order valence-electron chi connectivity index (χ0n) is 16.9. The summed E-state index contributed by atoms with van der Waals surface area (Å²) < 4.78 is 6.66. The summed E-state index contributed by atoms with van der Waals surface area (Å²) >= 11 is 0. The molecule has 13 heteroatoms. The molecule has 13 nitrogen and oxygen atoms in total. The number of nitrogen functional groups attached to an aromatic ring is 1. The molecule has 0 saturated carbocycles. The highest BCUT2D eigenvalue weighted by atomic mass is 16.3. The third-order valence-electron chi connectivity index (χ3n) is 4.39. The maximum Gasteiger partial charge on any atom is 0.259 e. The molecule has 0 fully saturated rings. The fraction of sp³-hybridized carbons (Fsp3) is 0.158. The number of hydrazone groups is 1. The van der Waals surface area contributed by atoms with Crippen LogP contribution in [0.15, 0.2) is 52.2 Å². The van der Waals surface area contributed by atoms with Gasteiger partial charge in [0.15, 0.2) is 11.6 Å². The molecule has 32 heavy (non-hydrogen) atoms. The zero-order valence-corrected chi connectivity index (χ0v) is 16.9. The van der Waals surface area contributed by atoms with Crippen molar-refractivity contribution < 1.29 is 4.42 Å². The predicted molar refractivity (Wildman–Crippen MR) is 117 cm³/mol. The first-order valence-corrected chi connectivity index (χ1v) is 9.54. The second kappa shape index (κ2) is 8.98. The lowest BCUT2D eigenvalue weighted by atomic mass is 10.1. The monoisotopic (exact) mass is 432 g/mol. The Morgan fingerprint density at radius 3 is 2.75 bits per heavy atom. The number of hydrazine groups is 1. The van der Waals surface area contributed by atoms with E-state index in [4.69, 9.17) is 27.0 Å². The van der Waals surface area contributed by atoms with Gasteiger partial charge in [-0.3, -0.25) is 0 Å². The number of rotatable bonds is 8. The van der Waals surface area contributed by atoms with Gasteiger partial charge in [-0.05, 0) is 24.1 Å². The molecule has 1 aromatic carbocycles. The normalized spacial score (nSPS) is 11.4. The average Bonchev–Trinajstić information content (AvgIpc) is 3.44. The number of hydrogen-bond acceptors (Lipinski definition) is 11. The van der Waals surface area contributed by atoms with Crippen LogP contribution in [0.4, 0.5) is 11.9 Å². The van der Waals surface area contributed by atoms with E-state index in [1.165, 1.54) is 4.52 Å². The summed E-state index contributed by atoms with van der Waals surface area (Å²) in [4.78, 5) is 12.9. The van der Waals surface area contributed by atoms with Gasteiger partial charge < -0.3 is 21.2 Å². The van der Waals surface area contributed by atoms with E-state index in [1.807, 2.05) is 30.3 Å². The smallest absolute Gasteiger partial charge is 0.259 e. The molecule has 0 bridgehead atoms. The molecule has 0 spiro atoms. The van der Waals surface area contributed by atoms with Gasteiger partial charge in [0.05, 0.1) is 12.3 Å². The molecule has 0 unspecified atom stereocenters. The van der Waals surface area contributed by atoms with Crippen molar-refractivity contribution in [2.75, 3.05) is 24.1 Å². The van der Waals surface area contributed by atoms with Crippen molar-refractivity contribution in [3.05, 3.63) is 53.8 Å². The average molecular weight is 432 g/mol. The molecule has 0 saturated heterocycles. The first-order chi connectivity index (χ1) is 15.5. The highest BCUT2D eigenvalue weighted by Gasteiger charge is 2.13. The number of nitrogens with zero attached hydrogens (tertiary/aromatic N) is 8. The third-order valence-corrected chi connectivity index (χ3v) is 4.39. The second-order valence-electron chi connectivity index (χ2n) is 6.64. The van der Waals surface area contributed by atoms with Gasteiger partial charge in [-0.2, -0.15) is 24.7 Å². The van der Waals surface area contributed by atoms with Crippen LogP contribution >= 0.6 is 0 Å². The Bertz CT molecular complexity index is 1270. The van der Waals surface area contributed by atoms with E-state index >= 15 is 0 Å². The number of nitrogens with one attached hydrogen (secondary N) is 1. The van der Waals surface area contributed by atoms with E-state index in [-0.39, 0.29) is 18.3 Å². The van der Waals surface area contributed by atoms with Crippen molar-refractivity contribution in [3.63, 3.8) is 0 Å². The van der Waals surface area contributed by atoms with Crippen molar-refractivity contribution in [3.8, 4) is 17.7 Å². The minimum absolute atomic E-state index is 0.0538.